The molecule has 1 aliphatic rings. The van der Waals surface area contributed by atoms with Crippen LogP contribution in [0.4, 0.5) is 5.69 Å². The standard InChI is InChI=1S/C21H26N4O4S/c1-12-11-16(28-5)9-10-17(12)24-30(26,27)19-13(2)18(25(4)14(19)3)21-23-22-20(29-21)15-7-6-8-15/h9-11,15,24H,6-8H2,1-5H3. The van der Waals surface area contributed by atoms with Gasteiger partial charge in [0.05, 0.1) is 12.8 Å². The topological polar surface area (TPSA) is 99.2 Å². The van der Waals surface area contributed by atoms with Gasteiger partial charge in [0.25, 0.3) is 15.9 Å². The highest BCUT2D eigenvalue weighted by Gasteiger charge is 2.31. The minimum atomic E-state index is -3.83. The predicted octanol–water partition coefficient (Wildman–Crippen LogP) is 4.08. The molecule has 0 amide bonds. The molecular formula is C21H26N4O4S. The Hall–Kier alpha value is -2.81. The van der Waals surface area contributed by atoms with Crippen molar-refractivity contribution in [2.24, 2.45) is 7.05 Å². The molecule has 1 N–H and O–H groups in total. The van der Waals surface area contributed by atoms with Crippen molar-refractivity contribution in [2.75, 3.05) is 11.8 Å². The number of rotatable bonds is 6. The summed E-state index contributed by atoms with van der Waals surface area (Å²) in [5.41, 5.74) is 3.08. The third kappa shape index (κ3) is 3.36. The molecule has 0 saturated heterocycles. The quantitative estimate of drug-likeness (QED) is 0.633. The number of hydrogen-bond acceptors (Lipinski definition) is 6. The van der Waals surface area contributed by atoms with Crippen molar-refractivity contribution >= 4 is 15.7 Å². The van der Waals surface area contributed by atoms with Crippen molar-refractivity contribution in [3.63, 3.8) is 0 Å². The second-order valence-electron chi connectivity index (χ2n) is 7.81. The molecular weight excluding hydrogens is 404 g/mol. The Morgan fingerprint density at radius 1 is 1.20 bits per heavy atom. The average molecular weight is 431 g/mol. The van der Waals surface area contributed by atoms with Crippen molar-refractivity contribution < 1.29 is 17.6 Å². The molecule has 0 unspecified atom stereocenters. The summed E-state index contributed by atoms with van der Waals surface area (Å²) in [6.07, 6.45) is 3.28. The number of benzene rings is 1. The van der Waals surface area contributed by atoms with Crippen LogP contribution in [-0.2, 0) is 17.1 Å². The van der Waals surface area contributed by atoms with Crippen LogP contribution in [0.5, 0.6) is 5.75 Å². The molecule has 9 heteroatoms. The van der Waals surface area contributed by atoms with Gasteiger partial charge < -0.3 is 13.7 Å². The van der Waals surface area contributed by atoms with E-state index in [2.05, 4.69) is 14.9 Å². The number of anilines is 1. The Kier molecular flexibility index (Phi) is 5.09. The monoisotopic (exact) mass is 430 g/mol. The zero-order chi connectivity index (χ0) is 21.6. The minimum Gasteiger partial charge on any atom is -0.497 e. The molecule has 0 radical (unpaired) electrons. The smallest absolute Gasteiger partial charge is 0.264 e. The molecule has 1 aliphatic carbocycles. The first kappa shape index (κ1) is 20.5. The Morgan fingerprint density at radius 3 is 2.53 bits per heavy atom. The van der Waals surface area contributed by atoms with E-state index in [1.54, 1.807) is 43.7 Å². The van der Waals surface area contributed by atoms with Crippen LogP contribution in [0.1, 0.15) is 47.9 Å². The van der Waals surface area contributed by atoms with Crippen LogP contribution >= 0.6 is 0 Å². The number of sulfonamides is 1. The number of methoxy groups -OCH3 is 1. The van der Waals surface area contributed by atoms with Crippen molar-refractivity contribution in [1.29, 1.82) is 0 Å². The van der Waals surface area contributed by atoms with Crippen LogP contribution < -0.4 is 9.46 Å². The Labute approximate surface area is 176 Å². The van der Waals surface area contributed by atoms with Gasteiger partial charge in [-0.15, -0.1) is 10.2 Å². The van der Waals surface area contributed by atoms with Gasteiger partial charge in [0.2, 0.25) is 5.89 Å². The Balaban J connectivity index is 1.72. The molecule has 1 fully saturated rings. The highest BCUT2D eigenvalue weighted by Crippen LogP contribution is 2.38. The van der Waals surface area contributed by atoms with Crippen molar-refractivity contribution in [3.8, 4) is 17.3 Å². The number of ether oxygens (including phenoxy) is 1. The molecule has 0 bridgehead atoms. The van der Waals surface area contributed by atoms with Gasteiger partial charge in [-0.3, -0.25) is 4.72 Å². The highest BCUT2D eigenvalue weighted by molar-refractivity contribution is 7.92. The average Bonchev–Trinajstić information content (AvgIpc) is 3.18. The number of aromatic nitrogens is 3. The maximum Gasteiger partial charge on any atom is 0.264 e. The van der Waals surface area contributed by atoms with E-state index in [9.17, 15) is 8.42 Å². The third-order valence-electron chi connectivity index (χ3n) is 5.91. The van der Waals surface area contributed by atoms with Gasteiger partial charge in [-0.05, 0) is 57.4 Å². The van der Waals surface area contributed by atoms with Crippen molar-refractivity contribution in [1.82, 2.24) is 14.8 Å². The summed E-state index contributed by atoms with van der Waals surface area (Å²) in [6, 6.07) is 5.21. The lowest BCUT2D eigenvalue weighted by Gasteiger charge is -2.20. The molecule has 0 atom stereocenters. The second-order valence-corrected chi connectivity index (χ2v) is 9.43. The van der Waals surface area contributed by atoms with Crippen molar-refractivity contribution in [2.45, 2.75) is 50.8 Å². The maximum absolute atomic E-state index is 13.3. The van der Waals surface area contributed by atoms with Crippen LogP contribution in [0.2, 0.25) is 0 Å². The fourth-order valence-electron chi connectivity index (χ4n) is 3.87. The molecule has 1 aromatic carbocycles. The molecule has 160 valence electrons. The highest BCUT2D eigenvalue weighted by atomic mass is 32.2. The lowest BCUT2D eigenvalue weighted by molar-refractivity contribution is 0.337. The molecule has 0 spiro atoms. The lowest BCUT2D eigenvalue weighted by atomic mass is 9.85. The van der Waals surface area contributed by atoms with Crippen LogP contribution in [-0.4, -0.2) is 30.3 Å². The zero-order valence-corrected chi connectivity index (χ0v) is 18.6. The summed E-state index contributed by atoms with van der Waals surface area (Å²) in [7, 11) is -0.449. The van der Waals surface area contributed by atoms with Crippen LogP contribution in [0.15, 0.2) is 27.5 Å². The van der Waals surface area contributed by atoms with E-state index in [4.69, 9.17) is 9.15 Å². The number of aryl methyl sites for hydroxylation is 1. The molecule has 2 heterocycles. The maximum atomic E-state index is 13.3. The van der Waals surface area contributed by atoms with Gasteiger partial charge in [0, 0.05) is 24.2 Å². The van der Waals surface area contributed by atoms with E-state index in [-0.39, 0.29) is 4.90 Å². The summed E-state index contributed by atoms with van der Waals surface area (Å²) in [5.74, 6) is 1.97. The first-order valence-corrected chi connectivity index (χ1v) is 11.4. The Bertz CT molecular complexity index is 1210. The van der Waals surface area contributed by atoms with E-state index >= 15 is 0 Å². The number of nitrogens with one attached hydrogen (secondary N) is 1. The molecule has 4 rings (SSSR count). The first-order valence-electron chi connectivity index (χ1n) is 9.90. The second kappa shape index (κ2) is 7.46. The van der Waals surface area contributed by atoms with Crippen LogP contribution in [0.3, 0.4) is 0 Å². The van der Waals surface area contributed by atoms with E-state index in [0.717, 1.165) is 18.4 Å². The molecule has 0 aliphatic heterocycles. The summed E-state index contributed by atoms with van der Waals surface area (Å²) >= 11 is 0. The van der Waals surface area contributed by atoms with E-state index < -0.39 is 10.0 Å². The van der Waals surface area contributed by atoms with Gasteiger partial charge in [-0.25, -0.2) is 8.42 Å². The summed E-state index contributed by atoms with van der Waals surface area (Å²) in [5, 5.41) is 8.38. The first-order chi connectivity index (χ1) is 14.2. The minimum absolute atomic E-state index is 0.221. The molecule has 3 aromatic rings. The third-order valence-corrected chi connectivity index (χ3v) is 7.53. The zero-order valence-electron chi connectivity index (χ0n) is 17.8. The van der Waals surface area contributed by atoms with E-state index in [1.807, 2.05) is 14.0 Å². The van der Waals surface area contributed by atoms with Crippen molar-refractivity contribution in [3.05, 3.63) is 40.9 Å². The fourth-order valence-corrected chi connectivity index (χ4v) is 5.52. The van der Waals surface area contributed by atoms with E-state index in [0.29, 0.717) is 46.1 Å². The lowest BCUT2D eigenvalue weighted by Crippen LogP contribution is -2.15. The normalized spacial score (nSPS) is 14.6. The van der Waals surface area contributed by atoms with Gasteiger partial charge in [-0.1, -0.05) is 6.42 Å². The number of nitrogens with zero attached hydrogens (tertiary/aromatic N) is 3. The SMILES string of the molecule is COc1ccc(NS(=O)(=O)c2c(C)c(-c3nnc(C4CCC4)o3)n(C)c2C)c(C)c1. The summed E-state index contributed by atoms with van der Waals surface area (Å²) < 4.78 is 42.2. The molecule has 1 saturated carbocycles. The molecule has 2 aromatic heterocycles. The molecule has 8 nitrogen and oxygen atoms in total. The van der Waals surface area contributed by atoms with Gasteiger partial charge in [-0.2, -0.15) is 0 Å². The summed E-state index contributed by atoms with van der Waals surface area (Å²) in [6.45, 7) is 5.37. The molecule has 30 heavy (non-hydrogen) atoms. The summed E-state index contributed by atoms with van der Waals surface area (Å²) in [4.78, 5) is 0.221. The van der Waals surface area contributed by atoms with Gasteiger partial charge in [0.1, 0.15) is 16.3 Å². The van der Waals surface area contributed by atoms with Gasteiger partial charge in [0.15, 0.2) is 0 Å². The Morgan fingerprint density at radius 2 is 1.93 bits per heavy atom. The van der Waals surface area contributed by atoms with Gasteiger partial charge >= 0.3 is 0 Å². The van der Waals surface area contributed by atoms with E-state index in [1.165, 1.54) is 6.42 Å². The number of hydrogen-bond donors (Lipinski definition) is 1. The van der Waals surface area contributed by atoms with Crippen LogP contribution in [0, 0.1) is 20.8 Å². The van der Waals surface area contributed by atoms with Crippen LogP contribution in [0.25, 0.3) is 11.6 Å². The predicted molar refractivity (Wildman–Crippen MR) is 113 cm³/mol. The fraction of sp³-hybridized carbons (Fsp3) is 0.429. The largest absolute Gasteiger partial charge is 0.497 e.